The fourth-order valence-corrected chi connectivity index (χ4v) is 2.03. The van der Waals surface area contributed by atoms with Crippen LogP contribution in [0.4, 0.5) is 0 Å². The Kier molecular flexibility index (Phi) is 2.66. The van der Waals surface area contributed by atoms with E-state index in [0.29, 0.717) is 0 Å². The van der Waals surface area contributed by atoms with Crippen LogP contribution in [0.25, 0.3) is 5.52 Å². The van der Waals surface area contributed by atoms with Gasteiger partial charge in [-0.3, -0.25) is 4.79 Å². The molecule has 0 aliphatic heterocycles. The van der Waals surface area contributed by atoms with Crippen molar-refractivity contribution in [2.75, 3.05) is 0 Å². The molecule has 4 heteroatoms. The van der Waals surface area contributed by atoms with Crippen molar-refractivity contribution in [3.63, 3.8) is 0 Å². The van der Waals surface area contributed by atoms with Gasteiger partial charge in [-0.2, -0.15) is 0 Å². The summed E-state index contributed by atoms with van der Waals surface area (Å²) in [4.78, 5) is 10.7. The minimum Gasteiger partial charge on any atom is -0.481 e. The maximum absolute atomic E-state index is 10.7. The third-order valence-corrected chi connectivity index (χ3v) is 2.67. The normalized spacial score (nSPS) is 12.9. The topological polar surface area (TPSA) is 67.7 Å². The van der Waals surface area contributed by atoms with Gasteiger partial charge in [0, 0.05) is 17.4 Å². The SMILES string of the molecule is Cc1cc2ccccn2c1C(N)CC(=O)O. The van der Waals surface area contributed by atoms with E-state index in [-0.39, 0.29) is 6.42 Å². The number of pyridine rings is 1. The predicted octanol–water partition coefficient (Wildman–Crippen LogP) is 1.72. The van der Waals surface area contributed by atoms with E-state index in [1.807, 2.05) is 41.8 Å². The Labute approximate surface area is 93.3 Å². The molecule has 0 amide bonds. The van der Waals surface area contributed by atoms with Gasteiger partial charge in [0.15, 0.2) is 0 Å². The lowest BCUT2D eigenvalue weighted by Gasteiger charge is -2.11. The molecule has 0 aliphatic carbocycles. The number of aryl methyl sites for hydroxylation is 1. The first-order valence-electron chi connectivity index (χ1n) is 5.13. The molecule has 2 aromatic rings. The number of aliphatic carboxylic acids is 1. The van der Waals surface area contributed by atoms with E-state index in [1.54, 1.807) is 0 Å². The number of aromatic nitrogens is 1. The number of hydrogen-bond donors (Lipinski definition) is 2. The molecule has 4 nitrogen and oxygen atoms in total. The van der Waals surface area contributed by atoms with Crippen LogP contribution in [0.3, 0.4) is 0 Å². The minimum absolute atomic E-state index is 0.0537. The monoisotopic (exact) mass is 218 g/mol. The van der Waals surface area contributed by atoms with E-state index in [2.05, 4.69) is 0 Å². The van der Waals surface area contributed by atoms with Crippen molar-refractivity contribution in [3.05, 3.63) is 41.7 Å². The summed E-state index contributed by atoms with van der Waals surface area (Å²) in [5.41, 5.74) is 8.84. The highest BCUT2D eigenvalue weighted by Gasteiger charge is 2.16. The highest BCUT2D eigenvalue weighted by molar-refractivity contribution is 5.68. The standard InChI is InChI=1S/C12H14N2O2/c1-8-6-9-4-2-3-5-14(9)12(8)10(13)7-11(15)16/h2-6,10H,7,13H2,1H3,(H,15,16). The summed E-state index contributed by atoms with van der Waals surface area (Å²) in [7, 11) is 0. The summed E-state index contributed by atoms with van der Waals surface area (Å²) in [6.07, 6.45) is 1.85. The van der Waals surface area contributed by atoms with Gasteiger partial charge in [0.2, 0.25) is 0 Å². The maximum atomic E-state index is 10.7. The van der Waals surface area contributed by atoms with Crippen LogP contribution in [0.15, 0.2) is 30.5 Å². The fourth-order valence-electron chi connectivity index (χ4n) is 2.03. The van der Waals surface area contributed by atoms with E-state index in [9.17, 15) is 4.79 Å². The number of rotatable bonds is 3. The second-order valence-electron chi connectivity index (χ2n) is 3.91. The summed E-state index contributed by atoms with van der Waals surface area (Å²) in [5.74, 6) is -0.877. The first-order chi connectivity index (χ1) is 7.59. The predicted molar refractivity (Wildman–Crippen MR) is 61.3 cm³/mol. The number of nitrogens with zero attached hydrogens (tertiary/aromatic N) is 1. The Bertz CT molecular complexity index is 531. The van der Waals surface area contributed by atoms with Gasteiger partial charge in [-0.1, -0.05) is 6.07 Å². The summed E-state index contributed by atoms with van der Waals surface area (Å²) >= 11 is 0. The molecule has 0 saturated carbocycles. The molecule has 84 valence electrons. The van der Waals surface area contributed by atoms with Gasteiger partial charge in [-0.25, -0.2) is 0 Å². The van der Waals surface area contributed by atoms with Crippen LogP contribution in [0.1, 0.15) is 23.7 Å². The van der Waals surface area contributed by atoms with Gasteiger partial charge < -0.3 is 15.2 Å². The molecular weight excluding hydrogens is 204 g/mol. The van der Waals surface area contributed by atoms with E-state index in [4.69, 9.17) is 10.8 Å². The molecule has 0 bridgehead atoms. The van der Waals surface area contributed by atoms with Crippen LogP contribution in [0.2, 0.25) is 0 Å². The summed E-state index contributed by atoms with van der Waals surface area (Å²) in [6.45, 7) is 1.95. The summed E-state index contributed by atoms with van der Waals surface area (Å²) < 4.78 is 1.95. The van der Waals surface area contributed by atoms with Crippen molar-refractivity contribution in [1.82, 2.24) is 4.40 Å². The molecule has 16 heavy (non-hydrogen) atoms. The van der Waals surface area contributed by atoms with Gasteiger partial charge in [0.05, 0.1) is 12.5 Å². The summed E-state index contributed by atoms with van der Waals surface area (Å²) in [5, 5.41) is 8.76. The summed E-state index contributed by atoms with van der Waals surface area (Å²) in [6, 6.07) is 7.37. The van der Waals surface area contributed by atoms with Gasteiger partial charge >= 0.3 is 5.97 Å². The molecule has 0 aromatic carbocycles. The quantitative estimate of drug-likeness (QED) is 0.824. The smallest absolute Gasteiger partial charge is 0.305 e. The third-order valence-electron chi connectivity index (χ3n) is 2.67. The van der Waals surface area contributed by atoms with Crippen LogP contribution in [0, 0.1) is 6.92 Å². The molecule has 2 rings (SSSR count). The molecule has 0 aliphatic rings. The molecule has 1 unspecified atom stereocenters. The van der Waals surface area contributed by atoms with Crippen molar-refractivity contribution in [3.8, 4) is 0 Å². The van der Waals surface area contributed by atoms with Crippen LogP contribution >= 0.6 is 0 Å². The van der Waals surface area contributed by atoms with E-state index >= 15 is 0 Å². The lowest BCUT2D eigenvalue weighted by atomic mass is 10.1. The molecule has 2 aromatic heterocycles. The minimum atomic E-state index is -0.877. The Morgan fingerprint density at radius 2 is 2.31 bits per heavy atom. The van der Waals surface area contributed by atoms with Crippen molar-refractivity contribution < 1.29 is 9.90 Å². The van der Waals surface area contributed by atoms with Gasteiger partial charge in [-0.15, -0.1) is 0 Å². The van der Waals surface area contributed by atoms with Crippen LogP contribution in [0.5, 0.6) is 0 Å². The molecule has 0 fully saturated rings. The third kappa shape index (κ3) is 1.79. The average Bonchev–Trinajstić information content (AvgIpc) is 2.52. The molecule has 0 radical (unpaired) electrons. The lowest BCUT2D eigenvalue weighted by molar-refractivity contribution is -0.137. The average molecular weight is 218 g/mol. The number of nitrogens with two attached hydrogens (primary N) is 1. The number of hydrogen-bond acceptors (Lipinski definition) is 2. The van der Waals surface area contributed by atoms with E-state index < -0.39 is 12.0 Å². The zero-order valence-electron chi connectivity index (χ0n) is 9.05. The van der Waals surface area contributed by atoms with Gasteiger partial charge in [-0.05, 0) is 30.7 Å². The van der Waals surface area contributed by atoms with Crippen LogP contribution in [-0.2, 0) is 4.79 Å². The highest BCUT2D eigenvalue weighted by atomic mass is 16.4. The molecule has 0 spiro atoms. The Morgan fingerprint density at radius 1 is 1.56 bits per heavy atom. The van der Waals surface area contributed by atoms with Crippen LogP contribution in [-0.4, -0.2) is 15.5 Å². The van der Waals surface area contributed by atoms with E-state index in [0.717, 1.165) is 16.8 Å². The van der Waals surface area contributed by atoms with Crippen LogP contribution < -0.4 is 5.73 Å². The largest absolute Gasteiger partial charge is 0.481 e. The Hall–Kier alpha value is -1.81. The first-order valence-corrected chi connectivity index (χ1v) is 5.13. The molecule has 1 atom stereocenters. The van der Waals surface area contributed by atoms with E-state index in [1.165, 1.54) is 0 Å². The molecular formula is C12H14N2O2. The second-order valence-corrected chi connectivity index (χ2v) is 3.91. The van der Waals surface area contributed by atoms with Gasteiger partial charge in [0.1, 0.15) is 0 Å². The van der Waals surface area contributed by atoms with Crippen molar-refractivity contribution >= 4 is 11.5 Å². The molecule has 2 heterocycles. The first kappa shape index (κ1) is 10.7. The van der Waals surface area contributed by atoms with Crippen molar-refractivity contribution in [2.45, 2.75) is 19.4 Å². The van der Waals surface area contributed by atoms with Crippen molar-refractivity contribution in [1.29, 1.82) is 0 Å². The van der Waals surface area contributed by atoms with Gasteiger partial charge in [0.25, 0.3) is 0 Å². The number of carboxylic acids is 1. The highest BCUT2D eigenvalue weighted by Crippen LogP contribution is 2.22. The Balaban J connectivity index is 2.50. The number of carbonyl (C=O) groups is 1. The fraction of sp³-hybridized carbons (Fsp3) is 0.250. The maximum Gasteiger partial charge on any atom is 0.305 e. The zero-order chi connectivity index (χ0) is 11.7. The number of fused-ring (bicyclic) bond motifs is 1. The molecule has 0 saturated heterocycles. The zero-order valence-corrected chi connectivity index (χ0v) is 9.05. The number of carboxylic acid groups (broad SMARTS) is 1. The molecule has 3 N–H and O–H groups in total. The van der Waals surface area contributed by atoms with Crippen molar-refractivity contribution in [2.24, 2.45) is 5.73 Å². The Morgan fingerprint density at radius 3 is 3.00 bits per heavy atom. The lowest BCUT2D eigenvalue weighted by Crippen LogP contribution is -2.17. The second kappa shape index (κ2) is 3.98.